The van der Waals surface area contributed by atoms with Gasteiger partial charge in [-0.15, -0.1) is 0 Å². The molecule has 0 radical (unpaired) electrons. The Bertz CT molecular complexity index is 502. The highest BCUT2D eigenvalue weighted by molar-refractivity contribution is 5.64. The molecular weight excluding hydrogens is 258 g/mol. The Kier molecular flexibility index (Phi) is 3.66. The van der Waals surface area contributed by atoms with E-state index in [9.17, 15) is 24.0 Å². The highest BCUT2D eigenvalue weighted by Gasteiger charge is 2.36. The monoisotopic (exact) mass is 272 g/mol. The second-order valence-electron chi connectivity index (χ2n) is 4.78. The van der Waals surface area contributed by atoms with E-state index in [4.69, 9.17) is 0 Å². The first-order chi connectivity index (χ1) is 8.99. The molecule has 2 N–H and O–H groups in total. The molecule has 1 aromatic rings. The lowest BCUT2D eigenvalue weighted by Gasteiger charge is -2.29. The molecule has 0 saturated heterocycles. The van der Waals surface area contributed by atoms with Crippen LogP contribution >= 0.6 is 0 Å². The summed E-state index contributed by atoms with van der Waals surface area (Å²) < 4.78 is 27.0. The van der Waals surface area contributed by atoms with Gasteiger partial charge in [-0.1, -0.05) is 12.8 Å². The van der Waals surface area contributed by atoms with Crippen molar-refractivity contribution in [2.75, 3.05) is 11.9 Å². The number of hydrogen-bond donors (Lipinski definition) is 2. The Morgan fingerprint density at radius 3 is 2.53 bits per heavy atom. The third-order valence-corrected chi connectivity index (χ3v) is 3.52. The summed E-state index contributed by atoms with van der Waals surface area (Å²) in [4.78, 5) is 10.1. The first-order valence-electron chi connectivity index (χ1n) is 6.00. The number of nitro benzene ring substituents is 1. The molecule has 7 heteroatoms. The Hall–Kier alpha value is -1.76. The summed E-state index contributed by atoms with van der Waals surface area (Å²) in [5, 5.41) is 22.9. The molecule has 0 atom stereocenters. The van der Waals surface area contributed by atoms with Gasteiger partial charge in [0.25, 0.3) is 5.69 Å². The zero-order valence-electron chi connectivity index (χ0n) is 10.2. The number of aliphatic hydroxyl groups is 1. The molecule has 0 spiro atoms. The number of halogens is 2. The van der Waals surface area contributed by atoms with Crippen LogP contribution in [0.2, 0.25) is 0 Å². The van der Waals surface area contributed by atoms with E-state index in [1.807, 2.05) is 0 Å². The molecule has 19 heavy (non-hydrogen) atoms. The lowest BCUT2D eigenvalue weighted by molar-refractivity contribution is -0.384. The van der Waals surface area contributed by atoms with Crippen LogP contribution in [0.4, 0.5) is 20.2 Å². The fourth-order valence-corrected chi connectivity index (χ4v) is 2.45. The maximum absolute atomic E-state index is 13.8. The SMILES string of the molecule is O=[N+]([O-])c1ccc(F)c(F)c1NC1(CO)CCCC1. The summed E-state index contributed by atoms with van der Waals surface area (Å²) in [6.07, 6.45) is 2.80. The summed E-state index contributed by atoms with van der Waals surface area (Å²) in [5.41, 5.74) is -1.82. The van der Waals surface area contributed by atoms with Crippen LogP contribution in [-0.2, 0) is 0 Å². The zero-order valence-corrected chi connectivity index (χ0v) is 10.2. The molecule has 0 unspecified atom stereocenters. The molecule has 0 aliphatic heterocycles. The van der Waals surface area contributed by atoms with E-state index in [0.717, 1.165) is 25.0 Å². The summed E-state index contributed by atoms with van der Waals surface area (Å²) in [7, 11) is 0. The average molecular weight is 272 g/mol. The molecule has 2 rings (SSSR count). The number of rotatable bonds is 4. The standard InChI is InChI=1S/C12H14F2N2O3/c13-8-3-4-9(16(18)19)11(10(8)14)15-12(7-17)5-1-2-6-12/h3-4,15,17H,1-2,5-7H2. The lowest BCUT2D eigenvalue weighted by Crippen LogP contribution is -2.39. The number of aliphatic hydroxyl groups excluding tert-OH is 1. The lowest BCUT2D eigenvalue weighted by atomic mass is 9.98. The Balaban J connectivity index is 2.43. The van der Waals surface area contributed by atoms with Gasteiger partial charge >= 0.3 is 0 Å². The van der Waals surface area contributed by atoms with Gasteiger partial charge in [0.1, 0.15) is 0 Å². The van der Waals surface area contributed by atoms with Crippen LogP contribution in [0.5, 0.6) is 0 Å². The Labute approximate surface area is 108 Å². The number of nitrogens with one attached hydrogen (secondary N) is 1. The number of nitro groups is 1. The van der Waals surface area contributed by atoms with Crippen LogP contribution in [0.25, 0.3) is 0 Å². The van der Waals surface area contributed by atoms with Gasteiger partial charge in [-0.25, -0.2) is 8.78 Å². The third-order valence-electron chi connectivity index (χ3n) is 3.52. The predicted molar refractivity (Wildman–Crippen MR) is 64.9 cm³/mol. The van der Waals surface area contributed by atoms with Crippen molar-refractivity contribution in [3.63, 3.8) is 0 Å². The maximum Gasteiger partial charge on any atom is 0.295 e. The molecule has 0 heterocycles. The Morgan fingerprint density at radius 1 is 1.37 bits per heavy atom. The van der Waals surface area contributed by atoms with Gasteiger partial charge < -0.3 is 10.4 Å². The van der Waals surface area contributed by atoms with Gasteiger partial charge in [-0.2, -0.15) is 0 Å². The minimum atomic E-state index is -1.28. The molecule has 0 bridgehead atoms. The largest absolute Gasteiger partial charge is 0.394 e. The number of hydrogen-bond acceptors (Lipinski definition) is 4. The number of anilines is 1. The van der Waals surface area contributed by atoms with Crippen LogP contribution < -0.4 is 5.32 Å². The van der Waals surface area contributed by atoms with Gasteiger partial charge in [-0.05, 0) is 18.9 Å². The Morgan fingerprint density at radius 2 is 2.00 bits per heavy atom. The fraction of sp³-hybridized carbons (Fsp3) is 0.500. The number of nitrogens with zero attached hydrogens (tertiary/aromatic N) is 1. The normalized spacial score (nSPS) is 17.4. The van der Waals surface area contributed by atoms with Gasteiger partial charge in [0.15, 0.2) is 17.3 Å². The van der Waals surface area contributed by atoms with Crippen molar-refractivity contribution in [3.8, 4) is 0 Å². The van der Waals surface area contributed by atoms with Crippen molar-refractivity contribution in [1.29, 1.82) is 0 Å². The van der Waals surface area contributed by atoms with Gasteiger partial charge in [0, 0.05) is 6.07 Å². The van der Waals surface area contributed by atoms with Gasteiger partial charge in [-0.3, -0.25) is 10.1 Å². The zero-order chi connectivity index (χ0) is 14.0. The summed E-state index contributed by atoms with van der Waals surface area (Å²) >= 11 is 0. The summed E-state index contributed by atoms with van der Waals surface area (Å²) in [5.74, 6) is -2.44. The number of benzene rings is 1. The molecule has 1 aliphatic rings. The van der Waals surface area contributed by atoms with Gasteiger partial charge in [0.05, 0.1) is 17.1 Å². The van der Waals surface area contributed by atoms with Crippen molar-refractivity contribution in [2.24, 2.45) is 0 Å². The van der Waals surface area contributed by atoms with Crippen LogP contribution in [0, 0.1) is 21.7 Å². The van der Waals surface area contributed by atoms with Crippen molar-refractivity contribution in [3.05, 3.63) is 33.9 Å². The summed E-state index contributed by atoms with van der Waals surface area (Å²) in [6, 6.07) is 1.64. The molecule has 1 fully saturated rings. The molecule has 104 valence electrons. The smallest absolute Gasteiger partial charge is 0.295 e. The first kappa shape index (κ1) is 13.7. The first-order valence-corrected chi connectivity index (χ1v) is 6.00. The van der Waals surface area contributed by atoms with E-state index in [1.54, 1.807) is 0 Å². The highest BCUT2D eigenvalue weighted by Crippen LogP contribution is 2.37. The van der Waals surface area contributed by atoms with Gasteiger partial charge in [0.2, 0.25) is 0 Å². The van der Waals surface area contributed by atoms with Crippen molar-refractivity contribution in [2.45, 2.75) is 31.2 Å². The molecule has 1 aromatic carbocycles. The second kappa shape index (κ2) is 5.08. The van der Waals surface area contributed by atoms with Crippen LogP contribution in [-0.4, -0.2) is 22.2 Å². The molecule has 0 amide bonds. The van der Waals surface area contributed by atoms with E-state index >= 15 is 0 Å². The molecule has 5 nitrogen and oxygen atoms in total. The van der Waals surface area contributed by atoms with E-state index in [2.05, 4.69) is 5.32 Å². The molecule has 1 aliphatic carbocycles. The predicted octanol–water partition coefficient (Wildman–Crippen LogP) is 2.59. The highest BCUT2D eigenvalue weighted by atomic mass is 19.2. The summed E-state index contributed by atoms with van der Waals surface area (Å²) in [6.45, 7) is -0.278. The van der Waals surface area contributed by atoms with E-state index in [0.29, 0.717) is 12.8 Å². The molecule has 0 aromatic heterocycles. The molecular formula is C12H14F2N2O3. The molecule has 1 saturated carbocycles. The minimum absolute atomic E-state index is 0.278. The third kappa shape index (κ3) is 2.51. The quantitative estimate of drug-likeness (QED) is 0.652. The van der Waals surface area contributed by atoms with E-state index < -0.39 is 33.5 Å². The topological polar surface area (TPSA) is 75.4 Å². The second-order valence-corrected chi connectivity index (χ2v) is 4.78. The van der Waals surface area contributed by atoms with Crippen molar-refractivity contribution >= 4 is 11.4 Å². The van der Waals surface area contributed by atoms with Crippen LogP contribution in [0.15, 0.2) is 12.1 Å². The van der Waals surface area contributed by atoms with Crippen molar-refractivity contribution in [1.82, 2.24) is 0 Å². The minimum Gasteiger partial charge on any atom is -0.394 e. The van der Waals surface area contributed by atoms with Crippen LogP contribution in [0.3, 0.4) is 0 Å². The fourth-order valence-electron chi connectivity index (χ4n) is 2.45. The van der Waals surface area contributed by atoms with E-state index in [1.165, 1.54) is 0 Å². The van der Waals surface area contributed by atoms with E-state index in [-0.39, 0.29) is 6.61 Å². The maximum atomic E-state index is 13.8. The average Bonchev–Trinajstić information content (AvgIpc) is 2.84. The van der Waals surface area contributed by atoms with Crippen LogP contribution in [0.1, 0.15) is 25.7 Å². The van der Waals surface area contributed by atoms with Crippen molar-refractivity contribution < 1.29 is 18.8 Å².